The van der Waals surface area contributed by atoms with Crippen molar-refractivity contribution in [2.24, 2.45) is 5.92 Å². The Bertz CT molecular complexity index is 406. The molecule has 2 rings (SSSR count). The summed E-state index contributed by atoms with van der Waals surface area (Å²) in [4.78, 5) is 0. The molecule has 1 aromatic rings. The van der Waals surface area contributed by atoms with Gasteiger partial charge in [0, 0.05) is 16.6 Å². The minimum atomic E-state index is -0.838. The standard InChI is InChI=1S/C12H14F2OS/c1-6(2)12-11(15)7-3-4-9(13)10(14)8(7)5-16-12/h3-4,6,11-12,15H,5H2,1-2H3. The van der Waals surface area contributed by atoms with Gasteiger partial charge in [-0.1, -0.05) is 19.9 Å². The lowest BCUT2D eigenvalue weighted by molar-refractivity contribution is 0.155. The van der Waals surface area contributed by atoms with Gasteiger partial charge in [0.25, 0.3) is 0 Å². The summed E-state index contributed by atoms with van der Waals surface area (Å²) >= 11 is 1.49. The number of fused-ring (bicyclic) bond motifs is 1. The average Bonchev–Trinajstić information content (AvgIpc) is 2.23. The second-order valence-corrected chi connectivity index (χ2v) is 5.56. The molecule has 2 atom stereocenters. The van der Waals surface area contributed by atoms with Crippen molar-refractivity contribution in [1.82, 2.24) is 0 Å². The number of hydrogen-bond donors (Lipinski definition) is 1. The van der Waals surface area contributed by atoms with Crippen LogP contribution >= 0.6 is 11.8 Å². The molecule has 0 aromatic heterocycles. The zero-order valence-corrected chi connectivity index (χ0v) is 10.0. The Morgan fingerprint density at radius 1 is 1.38 bits per heavy atom. The molecule has 1 nitrogen and oxygen atoms in total. The van der Waals surface area contributed by atoms with Crippen LogP contribution in [0.3, 0.4) is 0 Å². The van der Waals surface area contributed by atoms with E-state index < -0.39 is 17.7 Å². The van der Waals surface area contributed by atoms with Crippen molar-refractivity contribution >= 4 is 11.8 Å². The van der Waals surface area contributed by atoms with E-state index in [-0.39, 0.29) is 5.25 Å². The van der Waals surface area contributed by atoms with Crippen molar-refractivity contribution in [3.63, 3.8) is 0 Å². The first-order valence-corrected chi connectivity index (χ1v) is 6.33. The Hall–Kier alpha value is -0.610. The van der Waals surface area contributed by atoms with Crippen LogP contribution in [0.1, 0.15) is 31.1 Å². The molecule has 1 heterocycles. The van der Waals surface area contributed by atoms with Crippen molar-refractivity contribution < 1.29 is 13.9 Å². The smallest absolute Gasteiger partial charge is 0.163 e. The highest BCUT2D eigenvalue weighted by atomic mass is 32.2. The molecule has 16 heavy (non-hydrogen) atoms. The van der Waals surface area contributed by atoms with E-state index in [1.165, 1.54) is 17.8 Å². The summed E-state index contributed by atoms with van der Waals surface area (Å²) in [5.41, 5.74) is 0.853. The lowest BCUT2D eigenvalue weighted by Crippen LogP contribution is -2.26. The van der Waals surface area contributed by atoms with Gasteiger partial charge >= 0.3 is 0 Å². The maximum atomic E-state index is 13.5. The Labute approximate surface area is 97.9 Å². The van der Waals surface area contributed by atoms with Crippen LogP contribution in [0, 0.1) is 17.6 Å². The predicted octanol–water partition coefficient (Wildman–Crippen LogP) is 3.27. The van der Waals surface area contributed by atoms with E-state index in [0.717, 1.165) is 6.07 Å². The van der Waals surface area contributed by atoms with Crippen LogP contribution in [-0.4, -0.2) is 10.4 Å². The second-order valence-electron chi connectivity index (χ2n) is 4.39. The SMILES string of the molecule is CC(C)C1SCc2c(ccc(F)c2F)C1O. The molecule has 0 radical (unpaired) electrons. The van der Waals surface area contributed by atoms with Crippen LogP contribution in [0.4, 0.5) is 8.78 Å². The van der Waals surface area contributed by atoms with E-state index in [4.69, 9.17) is 0 Å². The second kappa shape index (κ2) is 4.34. The zero-order chi connectivity index (χ0) is 11.9. The molecule has 0 aliphatic carbocycles. The number of rotatable bonds is 1. The first-order valence-electron chi connectivity index (χ1n) is 5.28. The fourth-order valence-corrected chi connectivity index (χ4v) is 3.40. The minimum Gasteiger partial charge on any atom is -0.387 e. The van der Waals surface area contributed by atoms with Gasteiger partial charge in [0.15, 0.2) is 11.6 Å². The largest absolute Gasteiger partial charge is 0.387 e. The van der Waals surface area contributed by atoms with E-state index in [9.17, 15) is 13.9 Å². The number of halogens is 2. The summed E-state index contributed by atoms with van der Waals surface area (Å²) in [6.45, 7) is 4.04. The molecule has 0 bridgehead atoms. The molecular weight excluding hydrogens is 230 g/mol. The summed E-state index contributed by atoms with van der Waals surface area (Å²) in [6.07, 6.45) is -0.705. The summed E-state index contributed by atoms with van der Waals surface area (Å²) in [6, 6.07) is 2.58. The normalized spacial score (nSPS) is 24.6. The van der Waals surface area contributed by atoms with Gasteiger partial charge in [-0.3, -0.25) is 0 Å². The van der Waals surface area contributed by atoms with Crippen molar-refractivity contribution in [1.29, 1.82) is 0 Å². The summed E-state index contributed by atoms with van der Waals surface area (Å²) in [7, 11) is 0. The zero-order valence-electron chi connectivity index (χ0n) is 9.21. The first-order chi connectivity index (χ1) is 7.52. The predicted molar refractivity (Wildman–Crippen MR) is 61.2 cm³/mol. The third kappa shape index (κ3) is 1.84. The van der Waals surface area contributed by atoms with Crippen molar-refractivity contribution in [3.8, 4) is 0 Å². The van der Waals surface area contributed by atoms with E-state index in [1.54, 1.807) is 0 Å². The van der Waals surface area contributed by atoms with Crippen LogP contribution in [-0.2, 0) is 5.75 Å². The van der Waals surface area contributed by atoms with E-state index in [0.29, 0.717) is 22.8 Å². The van der Waals surface area contributed by atoms with Gasteiger partial charge in [-0.2, -0.15) is 11.8 Å². The highest BCUT2D eigenvalue weighted by molar-refractivity contribution is 7.99. The molecule has 2 unspecified atom stereocenters. The molecule has 0 spiro atoms. The third-order valence-corrected chi connectivity index (χ3v) is 4.58. The number of benzene rings is 1. The molecule has 1 aliphatic heterocycles. The Balaban J connectivity index is 2.43. The first kappa shape index (κ1) is 11.9. The Kier molecular flexibility index (Phi) is 3.22. The Morgan fingerprint density at radius 3 is 2.69 bits per heavy atom. The molecule has 1 N–H and O–H groups in total. The minimum absolute atomic E-state index is 0.0531. The van der Waals surface area contributed by atoms with Crippen LogP contribution in [0.25, 0.3) is 0 Å². The molecule has 0 saturated carbocycles. The van der Waals surface area contributed by atoms with Crippen LogP contribution in [0.2, 0.25) is 0 Å². The molecule has 1 aromatic carbocycles. The number of hydrogen-bond acceptors (Lipinski definition) is 2. The molecular formula is C12H14F2OS. The van der Waals surface area contributed by atoms with E-state index >= 15 is 0 Å². The number of aliphatic hydroxyl groups is 1. The van der Waals surface area contributed by atoms with Gasteiger partial charge in [0.05, 0.1) is 6.10 Å². The van der Waals surface area contributed by atoms with Crippen LogP contribution < -0.4 is 0 Å². The van der Waals surface area contributed by atoms with Gasteiger partial charge in [-0.25, -0.2) is 8.78 Å². The van der Waals surface area contributed by atoms with Gasteiger partial charge in [-0.15, -0.1) is 0 Å². The summed E-state index contributed by atoms with van der Waals surface area (Å²) in [5.74, 6) is -0.916. The quantitative estimate of drug-likeness (QED) is 0.818. The van der Waals surface area contributed by atoms with Crippen molar-refractivity contribution in [3.05, 3.63) is 34.9 Å². The molecule has 88 valence electrons. The van der Waals surface area contributed by atoms with E-state index in [1.807, 2.05) is 13.8 Å². The van der Waals surface area contributed by atoms with Gasteiger partial charge in [0.2, 0.25) is 0 Å². The fraction of sp³-hybridized carbons (Fsp3) is 0.500. The molecule has 4 heteroatoms. The lowest BCUT2D eigenvalue weighted by Gasteiger charge is -2.32. The van der Waals surface area contributed by atoms with Crippen molar-refractivity contribution in [2.45, 2.75) is 31.0 Å². The fourth-order valence-electron chi connectivity index (χ4n) is 2.04. The summed E-state index contributed by atoms with van der Waals surface area (Å²) in [5, 5.41) is 10.2. The molecule has 0 amide bonds. The number of aliphatic hydroxyl groups excluding tert-OH is 1. The Morgan fingerprint density at radius 2 is 2.06 bits per heavy atom. The molecule has 0 saturated heterocycles. The topological polar surface area (TPSA) is 20.2 Å². The van der Waals surface area contributed by atoms with Gasteiger partial charge in [0.1, 0.15) is 0 Å². The number of thioether (sulfide) groups is 1. The van der Waals surface area contributed by atoms with E-state index in [2.05, 4.69) is 0 Å². The average molecular weight is 244 g/mol. The highest BCUT2D eigenvalue weighted by Gasteiger charge is 2.32. The lowest BCUT2D eigenvalue weighted by atomic mass is 9.94. The molecule has 0 fully saturated rings. The monoisotopic (exact) mass is 244 g/mol. The summed E-state index contributed by atoms with van der Waals surface area (Å²) < 4.78 is 26.5. The van der Waals surface area contributed by atoms with Crippen LogP contribution in [0.15, 0.2) is 12.1 Å². The van der Waals surface area contributed by atoms with Crippen molar-refractivity contribution in [2.75, 3.05) is 0 Å². The highest BCUT2D eigenvalue weighted by Crippen LogP contribution is 2.42. The third-order valence-electron chi connectivity index (χ3n) is 2.94. The van der Waals surface area contributed by atoms with Gasteiger partial charge < -0.3 is 5.11 Å². The van der Waals surface area contributed by atoms with Gasteiger partial charge in [-0.05, 0) is 17.5 Å². The maximum Gasteiger partial charge on any atom is 0.163 e. The maximum absolute atomic E-state index is 13.5. The molecule has 1 aliphatic rings. The van der Waals surface area contributed by atoms with Crippen LogP contribution in [0.5, 0.6) is 0 Å².